The maximum Gasteiger partial charge on any atom is 0.269 e. The SMILES string of the molecule is CCCCc1ccc2c(N)c(C(=O)Nc3ccc(Br)cn3)sc2n1. The number of nitrogen functional groups attached to an aromatic ring is 1. The zero-order valence-electron chi connectivity index (χ0n) is 13.2. The number of hydrogen-bond donors (Lipinski definition) is 2. The van der Waals surface area contributed by atoms with Gasteiger partial charge >= 0.3 is 0 Å². The fourth-order valence-corrected chi connectivity index (χ4v) is 3.57. The topological polar surface area (TPSA) is 80.9 Å². The fourth-order valence-electron chi connectivity index (χ4n) is 2.32. The van der Waals surface area contributed by atoms with E-state index in [9.17, 15) is 4.79 Å². The van der Waals surface area contributed by atoms with Crippen LogP contribution >= 0.6 is 27.3 Å². The zero-order valence-corrected chi connectivity index (χ0v) is 15.6. The number of amides is 1. The molecule has 3 aromatic heterocycles. The molecule has 0 aliphatic carbocycles. The maximum atomic E-state index is 12.5. The van der Waals surface area contributed by atoms with E-state index in [0.717, 1.165) is 39.6 Å². The first-order chi connectivity index (χ1) is 11.6. The highest BCUT2D eigenvalue weighted by molar-refractivity contribution is 9.10. The van der Waals surface area contributed by atoms with Crippen molar-refractivity contribution in [3.63, 3.8) is 0 Å². The summed E-state index contributed by atoms with van der Waals surface area (Å²) >= 11 is 4.63. The van der Waals surface area contributed by atoms with Gasteiger partial charge in [0.05, 0.1) is 5.69 Å². The second-order valence-electron chi connectivity index (χ2n) is 5.42. The molecular weight excluding hydrogens is 388 g/mol. The summed E-state index contributed by atoms with van der Waals surface area (Å²) in [4.78, 5) is 22.5. The standard InChI is InChI=1S/C17H17BrN4OS/c1-2-3-4-11-6-7-12-14(19)15(24-17(12)21-11)16(23)22-13-8-5-10(18)9-20-13/h5-9H,2-4,19H2,1H3,(H,20,22,23). The van der Waals surface area contributed by atoms with Gasteiger partial charge in [-0.1, -0.05) is 13.3 Å². The third-order valence-corrected chi connectivity index (χ3v) is 5.20. The second kappa shape index (κ2) is 7.27. The average Bonchev–Trinajstić information content (AvgIpc) is 2.91. The van der Waals surface area contributed by atoms with E-state index in [4.69, 9.17) is 5.73 Å². The van der Waals surface area contributed by atoms with Crippen LogP contribution in [0.1, 0.15) is 35.1 Å². The molecule has 0 spiro atoms. The number of fused-ring (bicyclic) bond motifs is 1. The number of anilines is 2. The molecule has 0 radical (unpaired) electrons. The second-order valence-corrected chi connectivity index (χ2v) is 7.33. The van der Waals surface area contributed by atoms with Gasteiger partial charge in [0.2, 0.25) is 0 Å². The lowest BCUT2D eigenvalue weighted by atomic mass is 10.1. The van der Waals surface area contributed by atoms with Gasteiger partial charge in [-0.3, -0.25) is 4.79 Å². The number of nitrogens with two attached hydrogens (primary N) is 1. The normalized spacial score (nSPS) is 10.9. The molecule has 7 heteroatoms. The van der Waals surface area contributed by atoms with Crippen LogP contribution in [0, 0.1) is 0 Å². The van der Waals surface area contributed by atoms with Gasteiger partial charge in [-0.2, -0.15) is 0 Å². The third kappa shape index (κ3) is 3.57. The number of unbranched alkanes of at least 4 members (excludes halogenated alkanes) is 1. The van der Waals surface area contributed by atoms with Gasteiger partial charge in [-0.15, -0.1) is 11.3 Å². The Kier molecular flexibility index (Phi) is 5.11. The van der Waals surface area contributed by atoms with Crippen molar-refractivity contribution in [2.75, 3.05) is 11.1 Å². The van der Waals surface area contributed by atoms with Crippen molar-refractivity contribution in [3.05, 3.63) is 45.5 Å². The van der Waals surface area contributed by atoms with Gasteiger partial charge in [0.25, 0.3) is 5.91 Å². The minimum atomic E-state index is -0.263. The Hall–Kier alpha value is -1.99. The van der Waals surface area contributed by atoms with Gasteiger partial charge < -0.3 is 11.1 Å². The summed E-state index contributed by atoms with van der Waals surface area (Å²) < 4.78 is 0.852. The van der Waals surface area contributed by atoms with E-state index in [0.29, 0.717) is 16.4 Å². The quantitative estimate of drug-likeness (QED) is 0.649. The number of carbonyl (C=O) groups is 1. The van der Waals surface area contributed by atoms with Crippen molar-refractivity contribution >= 4 is 54.9 Å². The molecule has 24 heavy (non-hydrogen) atoms. The molecule has 124 valence electrons. The smallest absolute Gasteiger partial charge is 0.269 e. The number of aryl methyl sites for hydroxylation is 1. The lowest BCUT2D eigenvalue weighted by Gasteiger charge is -2.03. The van der Waals surface area contributed by atoms with Crippen LogP contribution < -0.4 is 11.1 Å². The maximum absolute atomic E-state index is 12.5. The Labute approximate surface area is 152 Å². The van der Waals surface area contributed by atoms with Crippen molar-refractivity contribution in [1.82, 2.24) is 9.97 Å². The van der Waals surface area contributed by atoms with Crippen molar-refractivity contribution in [2.24, 2.45) is 0 Å². The molecule has 0 unspecified atom stereocenters. The van der Waals surface area contributed by atoms with Gasteiger partial charge in [0.15, 0.2) is 0 Å². The van der Waals surface area contributed by atoms with Crippen LogP contribution in [0.4, 0.5) is 11.5 Å². The molecule has 0 saturated carbocycles. The summed E-state index contributed by atoms with van der Waals surface area (Å²) in [6, 6.07) is 7.48. The monoisotopic (exact) mass is 404 g/mol. The zero-order chi connectivity index (χ0) is 17.1. The predicted octanol–water partition coefficient (Wildman–Crippen LogP) is 4.63. The molecule has 0 aromatic carbocycles. The summed E-state index contributed by atoms with van der Waals surface area (Å²) in [6.07, 6.45) is 4.79. The van der Waals surface area contributed by atoms with Crippen LogP contribution in [0.15, 0.2) is 34.9 Å². The Morgan fingerprint density at radius 3 is 2.88 bits per heavy atom. The Morgan fingerprint density at radius 2 is 2.17 bits per heavy atom. The van der Waals surface area contributed by atoms with Crippen LogP contribution in [-0.2, 0) is 6.42 Å². The lowest BCUT2D eigenvalue weighted by molar-refractivity contribution is 0.103. The average molecular weight is 405 g/mol. The van der Waals surface area contributed by atoms with E-state index in [1.54, 1.807) is 12.3 Å². The van der Waals surface area contributed by atoms with E-state index >= 15 is 0 Å². The van der Waals surface area contributed by atoms with Crippen molar-refractivity contribution in [2.45, 2.75) is 26.2 Å². The Bertz CT molecular complexity index is 876. The predicted molar refractivity (Wildman–Crippen MR) is 103 cm³/mol. The van der Waals surface area contributed by atoms with Crippen LogP contribution in [0.5, 0.6) is 0 Å². The van der Waals surface area contributed by atoms with Crippen LogP contribution in [-0.4, -0.2) is 15.9 Å². The molecule has 3 rings (SSSR count). The number of thiophene rings is 1. The summed E-state index contributed by atoms with van der Waals surface area (Å²) in [5.41, 5.74) is 7.66. The Morgan fingerprint density at radius 1 is 1.33 bits per heavy atom. The van der Waals surface area contributed by atoms with Crippen LogP contribution in [0.2, 0.25) is 0 Å². The van der Waals surface area contributed by atoms with E-state index in [1.807, 2.05) is 18.2 Å². The van der Waals surface area contributed by atoms with E-state index < -0.39 is 0 Å². The Balaban J connectivity index is 1.86. The molecule has 1 amide bonds. The number of halogens is 1. The van der Waals surface area contributed by atoms with E-state index in [-0.39, 0.29) is 5.91 Å². The summed E-state index contributed by atoms with van der Waals surface area (Å²) in [7, 11) is 0. The van der Waals surface area contributed by atoms with Gasteiger partial charge in [0, 0.05) is 21.7 Å². The van der Waals surface area contributed by atoms with E-state index in [2.05, 4.69) is 38.1 Å². The first kappa shape index (κ1) is 16.9. The first-order valence-electron chi connectivity index (χ1n) is 7.69. The molecule has 0 bridgehead atoms. The first-order valence-corrected chi connectivity index (χ1v) is 9.30. The molecule has 3 aromatic rings. The minimum Gasteiger partial charge on any atom is -0.397 e. The molecule has 0 fully saturated rings. The lowest BCUT2D eigenvalue weighted by Crippen LogP contribution is -2.12. The van der Waals surface area contributed by atoms with Crippen molar-refractivity contribution < 1.29 is 4.79 Å². The van der Waals surface area contributed by atoms with Gasteiger partial charge in [-0.25, -0.2) is 9.97 Å². The molecule has 3 heterocycles. The van der Waals surface area contributed by atoms with Crippen molar-refractivity contribution in [3.8, 4) is 0 Å². The van der Waals surface area contributed by atoms with Crippen molar-refractivity contribution in [1.29, 1.82) is 0 Å². The number of hydrogen-bond acceptors (Lipinski definition) is 5. The number of nitrogens with zero attached hydrogens (tertiary/aromatic N) is 2. The van der Waals surface area contributed by atoms with E-state index in [1.165, 1.54) is 11.3 Å². The summed E-state index contributed by atoms with van der Waals surface area (Å²) in [5.74, 6) is 0.220. The highest BCUT2D eigenvalue weighted by Gasteiger charge is 2.18. The van der Waals surface area contributed by atoms with Gasteiger partial charge in [-0.05, 0) is 53.0 Å². The molecular formula is C17H17BrN4OS. The van der Waals surface area contributed by atoms with Gasteiger partial charge in [0.1, 0.15) is 15.5 Å². The highest BCUT2D eigenvalue weighted by Crippen LogP contribution is 2.33. The fraction of sp³-hybridized carbons (Fsp3) is 0.235. The number of pyridine rings is 2. The van der Waals surface area contributed by atoms with Crippen LogP contribution in [0.3, 0.4) is 0 Å². The molecule has 0 aliphatic heterocycles. The molecule has 0 atom stereocenters. The summed E-state index contributed by atoms with van der Waals surface area (Å²) in [6.45, 7) is 2.15. The van der Waals surface area contributed by atoms with Crippen LogP contribution in [0.25, 0.3) is 10.2 Å². The molecule has 5 nitrogen and oxygen atoms in total. The number of aromatic nitrogens is 2. The number of rotatable bonds is 5. The molecule has 0 aliphatic rings. The molecule has 3 N–H and O–H groups in total. The highest BCUT2D eigenvalue weighted by atomic mass is 79.9. The molecule has 0 saturated heterocycles. The third-order valence-electron chi connectivity index (χ3n) is 3.61. The minimum absolute atomic E-state index is 0.263. The number of carbonyl (C=O) groups excluding carboxylic acids is 1. The largest absolute Gasteiger partial charge is 0.397 e. The summed E-state index contributed by atoms with van der Waals surface area (Å²) in [5, 5.41) is 3.60. The number of nitrogens with one attached hydrogen (secondary N) is 1.